The van der Waals surface area contributed by atoms with E-state index in [4.69, 9.17) is 0 Å². The predicted molar refractivity (Wildman–Crippen MR) is 84.6 cm³/mol. The van der Waals surface area contributed by atoms with Gasteiger partial charge in [0.05, 0.1) is 11.9 Å². The van der Waals surface area contributed by atoms with E-state index in [1.165, 1.54) is 0 Å². The Morgan fingerprint density at radius 1 is 1.05 bits per heavy atom. The number of benzene rings is 1. The summed E-state index contributed by atoms with van der Waals surface area (Å²) in [6.07, 6.45) is 3.30. The van der Waals surface area contributed by atoms with E-state index < -0.39 is 0 Å². The first-order valence-corrected chi connectivity index (χ1v) is 6.71. The highest BCUT2D eigenvalue weighted by Gasteiger charge is 2.07. The normalized spacial score (nSPS) is 11.5. The lowest BCUT2D eigenvalue weighted by molar-refractivity contribution is 1.01. The van der Waals surface area contributed by atoms with Crippen LogP contribution in [0.2, 0.25) is 0 Å². The summed E-state index contributed by atoms with van der Waals surface area (Å²) in [5.74, 6) is 0.325. The number of nitrogens with one attached hydrogen (secondary N) is 2. The second-order valence-electron chi connectivity index (χ2n) is 4.63. The van der Waals surface area contributed by atoms with E-state index >= 15 is 0 Å². The molecule has 0 fully saturated rings. The number of pyridine rings is 1. The second kappa shape index (κ2) is 5.21. The summed E-state index contributed by atoms with van der Waals surface area (Å²) >= 11 is 0. The number of hydrogen-bond donors (Lipinski definition) is 2. The molecule has 0 aliphatic carbocycles. The minimum absolute atomic E-state index is 0.325. The van der Waals surface area contributed by atoms with Crippen LogP contribution in [0.5, 0.6) is 0 Å². The third kappa shape index (κ3) is 2.24. The van der Waals surface area contributed by atoms with Crippen molar-refractivity contribution in [3.8, 4) is 0 Å². The van der Waals surface area contributed by atoms with Crippen LogP contribution in [0.15, 0.2) is 53.8 Å². The molecule has 2 N–H and O–H groups in total. The van der Waals surface area contributed by atoms with Gasteiger partial charge in [0.25, 0.3) is 5.95 Å². The molecule has 7 heteroatoms. The largest absolute Gasteiger partial charge is 0.338 e. The number of H-pyrrole nitrogens is 1. The summed E-state index contributed by atoms with van der Waals surface area (Å²) in [6.45, 7) is 0. The maximum absolute atomic E-state index is 4.37. The van der Waals surface area contributed by atoms with Gasteiger partial charge in [0.1, 0.15) is 5.52 Å². The van der Waals surface area contributed by atoms with Crippen molar-refractivity contribution in [3.63, 3.8) is 0 Å². The molecule has 0 atom stereocenters. The van der Waals surface area contributed by atoms with E-state index in [0.717, 1.165) is 22.1 Å². The number of fused-ring (bicyclic) bond motifs is 3. The molecule has 0 saturated carbocycles. The van der Waals surface area contributed by atoms with Crippen molar-refractivity contribution in [2.24, 2.45) is 5.10 Å². The molecule has 0 radical (unpaired) electrons. The molecular formula is C15H11N7. The number of aromatic amines is 1. The average molecular weight is 289 g/mol. The number of hydrogen-bond acceptors (Lipinski definition) is 6. The molecule has 106 valence electrons. The molecule has 0 aliphatic heterocycles. The van der Waals surface area contributed by atoms with Crippen LogP contribution in [-0.2, 0) is 0 Å². The lowest BCUT2D eigenvalue weighted by Gasteiger charge is -1.96. The number of rotatable bonds is 3. The van der Waals surface area contributed by atoms with Crippen molar-refractivity contribution in [1.82, 2.24) is 25.1 Å². The van der Waals surface area contributed by atoms with Gasteiger partial charge in [-0.25, -0.2) is 5.43 Å². The van der Waals surface area contributed by atoms with Crippen molar-refractivity contribution >= 4 is 34.2 Å². The van der Waals surface area contributed by atoms with E-state index in [0.29, 0.717) is 11.6 Å². The fraction of sp³-hybridized carbons (Fsp3) is 0. The Hall–Kier alpha value is -3.35. The Morgan fingerprint density at radius 3 is 2.86 bits per heavy atom. The van der Waals surface area contributed by atoms with Crippen LogP contribution in [0, 0.1) is 0 Å². The van der Waals surface area contributed by atoms with Gasteiger partial charge in [0.15, 0.2) is 5.65 Å². The third-order valence-corrected chi connectivity index (χ3v) is 3.17. The van der Waals surface area contributed by atoms with Crippen LogP contribution in [0.1, 0.15) is 5.69 Å². The first kappa shape index (κ1) is 12.4. The lowest BCUT2D eigenvalue weighted by atomic mass is 10.2. The summed E-state index contributed by atoms with van der Waals surface area (Å²) in [6, 6.07) is 13.5. The summed E-state index contributed by atoms with van der Waals surface area (Å²) in [5.41, 5.74) is 5.90. The number of nitrogens with zero attached hydrogens (tertiary/aromatic N) is 5. The summed E-state index contributed by atoms with van der Waals surface area (Å²) < 4.78 is 0. The fourth-order valence-electron chi connectivity index (χ4n) is 2.18. The molecule has 0 aliphatic rings. The molecule has 0 bridgehead atoms. The first-order valence-electron chi connectivity index (χ1n) is 6.71. The lowest BCUT2D eigenvalue weighted by Crippen LogP contribution is -1.99. The molecule has 0 unspecified atom stereocenters. The second-order valence-corrected chi connectivity index (χ2v) is 4.63. The topological polar surface area (TPSA) is 91.7 Å². The summed E-state index contributed by atoms with van der Waals surface area (Å²) in [5, 5.41) is 13.3. The molecule has 0 spiro atoms. The van der Waals surface area contributed by atoms with E-state index in [9.17, 15) is 0 Å². The average Bonchev–Trinajstić information content (AvgIpc) is 2.93. The van der Waals surface area contributed by atoms with E-state index in [-0.39, 0.29) is 0 Å². The smallest absolute Gasteiger partial charge is 0.265 e. The van der Waals surface area contributed by atoms with Gasteiger partial charge in [-0.15, -0.1) is 10.2 Å². The van der Waals surface area contributed by atoms with Crippen LogP contribution in [0.3, 0.4) is 0 Å². The van der Waals surface area contributed by atoms with Crippen molar-refractivity contribution in [2.75, 3.05) is 5.43 Å². The highest BCUT2D eigenvalue weighted by molar-refractivity contribution is 6.03. The van der Waals surface area contributed by atoms with Crippen LogP contribution in [0.25, 0.3) is 22.1 Å². The van der Waals surface area contributed by atoms with Gasteiger partial charge in [0, 0.05) is 17.1 Å². The maximum Gasteiger partial charge on any atom is 0.265 e. The van der Waals surface area contributed by atoms with Crippen molar-refractivity contribution in [1.29, 1.82) is 0 Å². The van der Waals surface area contributed by atoms with E-state index in [2.05, 4.69) is 35.7 Å². The number of para-hydroxylation sites is 1. The Labute approximate surface area is 125 Å². The van der Waals surface area contributed by atoms with Gasteiger partial charge in [-0.05, 0) is 18.2 Å². The molecule has 7 nitrogen and oxygen atoms in total. The van der Waals surface area contributed by atoms with Crippen molar-refractivity contribution in [2.45, 2.75) is 0 Å². The van der Waals surface area contributed by atoms with Gasteiger partial charge >= 0.3 is 0 Å². The van der Waals surface area contributed by atoms with Gasteiger partial charge in [-0.3, -0.25) is 4.98 Å². The van der Waals surface area contributed by atoms with Crippen molar-refractivity contribution in [3.05, 3.63) is 54.4 Å². The Balaban J connectivity index is 1.63. The number of hydrazone groups is 1. The zero-order chi connectivity index (χ0) is 14.8. The Kier molecular flexibility index (Phi) is 2.93. The van der Waals surface area contributed by atoms with E-state index in [1.54, 1.807) is 12.4 Å². The standard InChI is InChI=1S/C15H11N7/c1-2-7-12-11(6-1)13-14(18-12)19-15(22-20-13)21-17-9-10-5-3-4-8-16-10/h1-9H,(H2,18,19,21,22)/b17-9+. The molecule has 3 heterocycles. The molecular weight excluding hydrogens is 278 g/mol. The molecule has 0 saturated heterocycles. The predicted octanol–water partition coefficient (Wildman–Crippen LogP) is 2.35. The van der Waals surface area contributed by atoms with Gasteiger partial charge in [0.2, 0.25) is 0 Å². The number of aromatic nitrogens is 5. The molecule has 3 aromatic heterocycles. The van der Waals surface area contributed by atoms with Gasteiger partial charge < -0.3 is 4.98 Å². The fourth-order valence-corrected chi connectivity index (χ4v) is 2.18. The monoisotopic (exact) mass is 289 g/mol. The van der Waals surface area contributed by atoms with Gasteiger partial charge in [-0.2, -0.15) is 10.1 Å². The van der Waals surface area contributed by atoms with Gasteiger partial charge in [-0.1, -0.05) is 24.3 Å². The zero-order valence-corrected chi connectivity index (χ0v) is 11.4. The molecule has 0 amide bonds. The quantitative estimate of drug-likeness (QED) is 0.446. The van der Waals surface area contributed by atoms with E-state index in [1.807, 2.05) is 42.5 Å². The minimum atomic E-state index is 0.325. The van der Waals surface area contributed by atoms with Crippen LogP contribution in [0.4, 0.5) is 5.95 Å². The Morgan fingerprint density at radius 2 is 1.95 bits per heavy atom. The first-order chi connectivity index (χ1) is 10.9. The number of anilines is 1. The highest BCUT2D eigenvalue weighted by atomic mass is 15.4. The highest BCUT2D eigenvalue weighted by Crippen LogP contribution is 2.21. The molecule has 22 heavy (non-hydrogen) atoms. The molecule has 4 rings (SSSR count). The third-order valence-electron chi connectivity index (χ3n) is 3.17. The van der Waals surface area contributed by atoms with Crippen molar-refractivity contribution < 1.29 is 0 Å². The molecule has 1 aromatic carbocycles. The van der Waals surface area contributed by atoms with Crippen LogP contribution >= 0.6 is 0 Å². The SMILES string of the molecule is C(=N\Nc1nnc2c(n1)[nH]c1ccccc12)/c1ccccn1. The minimum Gasteiger partial charge on any atom is -0.338 e. The van der Waals surface area contributed by atoms with Crippen LogP contribution in [-0.4, -0.2) is 31.4 Å². The Bertz CT molecular complexity index is 959. The zero-order valence-electron chi connectivity index (χ0n) is 11.4. The summed E-state index contributed by atoms with van der Waals surface area (Å²) in [7, 11) is 0. The molecule has 4 aromatic rings. The van der Waals surface area contributed by atoms with Crippen LogP contribution < -0.4 is 5.43 Å². The summed E-state index contributed by atoms with van der Waals surface area (Å²) in [4.78, 5) is 11.7. The maximum atomic E-state index is 4.37.